The van der Waals surface area contributed by atoms with Gasteiger partial charge in [-0.15, -0.1) is 0 Å². The Morgan fingerprint density at radius 2 is 1.67 bits per heavy atom. The van der Waals surface area contributed by atoms with Crippen molar-refractivity contribution in [1.82, 2.24) is 0 Å². The van der Waals surface area contributed by atoms with Gasteiger partial charge in [0.1, 0.15) is 5.75 Å². The third-order valence-corrected chi connectivity index (χ3v) is 10.7. The first-order chi connectivity index (χ1) is 14.2. The van der Waals surface area contributed by atoms with Gasteiger partial charge >= 0.3 is 15.6 Å². The lowest BCUT2D eigenvalue weighted by Crippen LogP contribution is -2.28. The van der Waals surface area contributed by atoms with Crippen LogP contribution in [0.5, 0.6) is 5.75 Å². The van der Waals surface area contributed by atoms with Crippen LogP contribution in [0.4, 0.5) is 13.2 Å². The highest BCUT2D eigenvalue weighted by Gasteiger charge is 2.52. The summed E-state index contributed by atoms with van der Waals surface area (Å²) < 4.78 is 79.7. The summed E-state index contributed by atoms with van der Waals surface area (Å²) in [7, 11) is -8.36. The van der Waals surface area contributed by atoms with Gasteiger partial charge in [-0.05, 0) is 43.2 Å². The van der Waals surface area contributed by atoms with Gasteiger partial charge < -0.3 is 9.47 Å². The molecule has 2 heterocycles. The quantitative estimate of drug-likeness (QED) is 0.548. The van der Waals surface area contributed by atoms with Crippen molar-refractivity contribution in [3.8, 4) is 5.75 Å². The molecule has 1 unspecified atom stereocenters. The molecule has 2 aliphatic heterocycles. The van der Waals surface area contributed by atoms with E-state index in [9.17, 15) is 21.6 Å². The fourth-order valence-electron chi connectivity index (χ4n) is 3.92. The van der Waals surface area contributed by atoms with E-state index in [0.717, 1.165) is 19.3 Å². The first-order valence-electron chi connectivity index (χ1n) is 9.83. The summed E-state index contributed by atoms with van der Waals surface area (Å²) in [6.45, 7) is 0.622. The first-order valence-corrected chi connectivity index (χ1v) is 13.1. The monoisotopic (exact) mass is 464 g/mol. The van der Waals surface area contributed by atoms with Crippen LogP contribution in [0.25, 0.3) is 10.8 Å². The van der Waals surface area contributed by atoms with E-state index in [1.165, 1.54) is 0 Å². The van der Waals surface area contributed by atoms with Gasteiger partial charge in [0, 0.05) is 28.2 Å². The number of alkyl halides is 3. The molecule has 0 aliphatic carbocycles. The molecule has 5 nitrogen and oxygen atoms in total. The van der Waals surface area contributed by atoms with Gasteiger partial charge in [-0.25, -0.2) is 3.63 Å². The highest BCUT2D eigenvalue weighted by atomic mass is 32.3. The zero-order chi connectivity index (χ0) is 21.4. The number of fused-ring (bicyclic) bond motifs is 1. The summed E-state index contributed by atoms with van der Waals surface area (Å²) in [4.78, 5) is 0.514. The van der Waals surface area contributed by atoms with E-state index in [2.05, 4.69) is 0 Å². The van der Waals surface area contributed by atoms with Gasteiger partial charge in [0.2, 0.25) is 0 Å². The fourth-order valence-corrected chi connectivity index (χ4v) is 9.32. The highest BCUT2D eigenvalue weighted by molar-refractivity contribution is 8.33. The molecule has 0 spiro atoms. The fraction of sp³-hybridized carbons (Fsp3) is 0.500. The van der Waals surface area contributed by atoms with Gasteiger partial charge in [-0.3, -0.25) is 0 Å². The summed E-state index contributed by atoms with van der Waals surface area (Å²) in [5.74, 6) is 1.11. The maximum atomic E-state index is 13.1. The Bertz CT molecular complexity index is 1010. The maximum Gasteiger partial charge on any atom is 0.523 e. The largest absolute Gasteiger partial charge is 0.523 e. The minimum Gasteiger partial charge on any atom is -0.464 e. The Labute approximate surface area is 175 Å². The molecule has 10 heteroatoms. The van der Waals surface area contributed by atoms with Crippen molar-refractivity contribution in [3.05, 3.63) is 36.4 Å². The molecule has 2 aromatic rings. The van der Waals surface area contributed by atoms with Gasteiger partial charge in [0.25, 0.3) is 0 Å². The lowest BCUT2D eigenvalue weighted by Gasteiger charge is -2.35. The zero-order valence-electron chi connectivity index (χ0n) is 16.2. The Balaban J connectivity index is 1.77. The average Bonchev–Trinajstić information content (AvgIpc) is 3.17. The molecule has 0 amide bonds. The molecule has 2 fully saturated rings. The third-order valence-electron chi connectivity index (χ3n) is 5.34. The second-order valence-electron chi connectivity index (χ2n) is 7.42. The van der Waals surface area contributed by atoms with E-state index in [0.29, 0.717) is 40.9 Å². The van der Waals surface area contributed by atoms with Crippen molar-refractivity contribution >= 4 is 31.2 Å². The predicted molar refractivity (Wildman–Crippen MR) is 109 cm³/mol. The second-order valence-corrected chi connectivity index (χ2v) is 12.2. The second kappa shape index (κ2) is 8.22. The smallest absolute Gasteiger partial charge is 0.464 e. The summed E-state index contributed by atoms with van der Waals surface area (Å²) in [5.41, 5.74) is -5.45. The molecule has 0 radical (unpaired) electrons. The van der Waals surface area contributed by atoms with Crippen LogP contribution in [0, 0.1) is 0 Å². The molecular weight excluding hydrogens is 441 g/mol. The third kappa shape index (κ3) is 4.15. The Kier molecular flexibility index (Phi) is 5.95. The van der Waals surface area contributed by atoms with Crippen LogP contribution in [-0.4, -0.2) is 38.3 Å². The lowest BCUT2D eigenvalue weighted by molar-refractivity contribution is -0.105. The molecule has 0 N–H and O–H groups in total. The Hall–Kier alpha value is -1.49. The minimum atomic E-state index is -5.70. The van der Waals surface area contributed by atoms with Gasteiger partial charge in [0.05, 0.1) is 6.61 Å². The van der Waals surface area contributed by atoms with Crippen molar-refractivity contribution < 1.29 is 34.7 Å². The molecular formula is C20H23F3O5S2. The van der Waals surface area contributed by atoms with E-state index in [1.54, 1.807) is 24.3 Å². The van der Waals surface area contributed by atoms with Gasteiger partial charge in [-0.1, -0.05) is 34.6 Å². The van der Waals surface area contributed by atoms with Crippen LogP contribution in [0.3, 0.4) is 0 Å². The van der Waals surface area contributed by atoms with Gasteiger partial charge in [-0.2, -0.15) is 21.6 Å². The van der Waals surface area contributed by atoms with Crippen LogP contribution < -0.4 is 4.74 Å². The standard InChI is InChI=1S/C20H23F3O5S2/c21-20(22,23)30(24,25)28-29(13-5-6-14-29)18-11-10-17(15-7-1-2-8-16(15)18)27-19-9-3-4-12-26-19/h1-2,7-8,10-11,19H,3-6,9,12-14H2. The number of rotatable bonds is 5. The Morgan fingerprint density at radius 3 is 2.30 bits per heavy atom. The molecule has 166 valence electrons. The Morgan fingerprint density at radius 1 is 0.967 bits per heavy atom. The molecule has 4 rings (SSSR count). The lowest BCUT2D eigenvalue weighted by atomic mass is 10.1. The average molecular weight is 465 g/mol. The number of ether oxygens (including phenoxy) is 2. The maximum absolute atomic E-state index is 13.1. The van der Waals surface area contributed by atoms with Crippen LogP contribution in [0.2, 0.25) is 0 Å². The molecule has 2 aliphatic rings. The molecule has 30 heavy (non-hydrogen) atoms. The van der Waals surface area contributed by atoms with E-state index in [1.807, 2.05) is 12.1 Å². The zero-order valence-corrected chi connectivity index (χ0v) is 17.8. The number of benzene rings is 2. The number of hydrogen-bond acceptors (Lipinski definition) is 5. The van der Waals surface area contributed by atoms with E-state index >= 15 is 0 Å². The highest BCUT2D eigenvalue weighted by Crippen LogP contribution is 2.65. The number of halogens is 3. The van der Waals surface area contributed by atoms with Crippen molar-refractivity contribution in [3.63, 3.8) is 0 Å². The summed E-state index contributed by atoms with van der Waals surface area (Å²) in [5, 5.41) is 1.36. The molecule has 1 atom stereocenters. The predicted octanol–water partition coefficient (Wildman–Crippen LogP) is 5.48. The van der Waals surface area contributed by atoms with Crippen LogP contribution in [-0.2, 0) is 18.5 Å². The summed E-state index contributed by atoms with van der Waals surface area (Å²) in [6, 6.07) is 10.5. The topological polar surface area (TPSA) is 61.8 Å². The van der Waals surface area contributed by atoms with E-state index < -0.39 is 25.9 Å². The van der Waals surface area contributed by atoms with Crippen LogP contribution in [0.1, 0.15) is 32.1 Å². The van der Waals surface area contributed by atoms with Crippen LogP contribution >= 0.6 is 10.3 Å². The molecule has 0 saturated carbocycles. The minimum absolute atomic E-state index is 0.276. The van der Waals surface area contributed by atoms with Crippen molar-refractivity contribution in [1.29, 1.82) is 0 Å². The van der Waals surface area contributed by atoms with E-state index in [4.69, 9.17) is 13.1 Å². The van der Waals surface area contributed by atoms with E-state index in [-0.39, 0.29) is 17.8 Å². The molecule has 2 saturated heterocycles. The molecule has 0 aromatic heterocycles. The van der Waals surface area contributed by atoms with Crippen molar-refractivity contribution in [2.24, 2.45) is 0 Å². The normalized spacial score (nSPS) is 23.4. The van der Waals surface area contributed by atoms with Crippen molar-refractivity contribution in [2.45, 2.75) is 48.8 Å². The van der Waals surface area contributed by atoms with Crippen molar-refractivity contribution in [2.75, 3.05) is 18.1 Å². The molecule has 0 bridgehead atoms. The molecule has 2 aromatic carbocycles. The van der Waals surface area contributed by atoms with Gasteiger partial charge in [0.15, 0.2) is 6.29 Å². The number of hydrogen-bond donors (Lipinski definition) is 0. The SMILES string of the molecule is O=S(=O)(OS1(c2ccc(OC3CCCCO3)c3ccccc23)CCCC1)C(F)(F)F. The van der Waals surface area contributed by atoms with Crippen LogP contribution in [0.15, 0.2) is 41.3 Å². The summed E-state index contributed by atoms with van der Waals surface area (Å²) in [6.07, 6.45) is 3.60. The first kappa shape index (κ1) is 21.7. The summed E-state index contributed by atoms with van der Waals surface area (Å²) >= 11 is 0.